The van der Waals surface area contributed by atoms with E-state index >= 15 is 0 Å². The highest BCUT2D eigenvalue weighted by atomic mass is 16.6. The van der Waals surface area contributed by atoms with Gasteiger partial charge in [-0.25, -0.2) is 4.79 Å². The number of aliphatic hydroxyl groups is 1. The number of amides is 1. The summed E-state index contributed by atoms with van der Waals surface area (Å²) in [6.07, 6.45) is 0.831. The maximum absolute atomic E-state index is 12.1. The van der Waals surface area contributed by atoms with Crippen LogP contribution in [0.25, 0.3) is 0 Å². The molecule has 1 saturated heterocycles. The highest BCUT2D eigenvalue weighted by molar-refractivity contribution is 5.68. The Morgan fingerprint density at radius 1 is 1.29 bits per heavy atom. The minimum atomic E-state index is -0.763. The van der Waals surface area contributed by atoms with Gasteiger partial charge < -0.3 is 20.1 Å². The normalized spacial score (nSPS) is 17.6. The van der Waals surface area contributed by atoms with Crippen LogP contribution in [-0.2, 0) is 11.3 Å². The number of aryl methyl sites for hydroxylation is 1. The standard InChI is InChI=1S/C19H30N2O3/c1-15-7-5-6-8-16(15)13-20-14-19(23)9-11-21(12-10-19)17(22)24-18(2,3)4/h5-8,20,23H,9-14H2,1-4H3. The van der Waals surface area contributed by atoms with E-state index in [1.807, 2.05) is 32.9 Å². The van der Waals surface area contributed by atoms with Crippen LogP contribution >= 0.6 is 0 Å². The molecule has 0 radical (unpaired) electrons. The van der Waals surface area contributed by atoms with Crippen LogP contribution in [-0.4, -0.2) is 46.9 Å². The van der Waals surface area contributed by atoms with Crippen molar-refractivity contribution in [3.05, 3.63) is 35.4 Å². The van der Waals surface area contributed by atoms with Crippen LogP contribution in [0.4, 0.5) is 4.79 Å². The molecule has 1 amide bonds. The highest BCUT2D eigenvalue weighted by Gasteiger charge is 2.35. The molecule has 1 aromatic carbocycles. The van der Waals surface area contributed by atoms with Crippen LogP contribution in [0, 0.1) is 6.92 Å². The van der Waals surface area contributed by atoms with Gasteiger partial charge in [0.1, 0.15) is 5.60 Å². The molecule has 1 heterocycles. The molecule has 5 heteroatoms. The zero-order chi connectivity index (χ0) is 17.8. The predicted molar refractivity (Wildman–Crippen MR) is 94.9 cm³/mol. The third kappa shape index (κ3) is 5.49. The van der Waals surface area contributed by atoms with Gasteiger partial charge in [-0.3, -0.25) is 0 Å². The molecule has 0 aromatic heterocycles. The molecule has 0 unspecified atom stereocenters. The second kappa shape index (κ2) is 7.53. The summed E-state index contributed by atoms with van der Waals surface area (Å²) < 4.78 is 5.39. The molecule has 0 spiro atoms. The van der Waals surface area contributed by atoms with E-state index in [1.54, 1.807) is 4.90 Å². The van der Waals surface area contributed by atoms with E-state index in [9.17, 15) is 9.90 Å². The summed E-state index contributed by atoms with van der Waals surface area (Å²) in [5.41, 5.74) is 1.24. The van der Waals surface area contributed by atoms with E-state index in [2.05, 4.69) is 24.4 Å². The van der Waals surface area contributed by atoms with Crippen molar-refractivity contribution < 1.29 is 14.6 Å². The fourth-order valence-electron chi connectivity index (χ4n) is 2.85. The molecule has 0 saturated carbocycles. The number of rotatable bonds is 4. The SMILES string of the molecule is Cc1ccccc1CNCC1(O)CCN(C(=O)OC(C)(C)C)CC1. The lowest BCUT2D eigenvalue weighted by Gasteiger charge is -2.38. The molecular weight excluding hydrogens is 304 g/mol. The van der Waals surface area contributed by atoms with Crippen LogP contribution in [0.15, 0.2) is 24.3 Å². The maximum Gasteiger partial charge on any atom is 0.410 e. The molecule has 5 nitrogen and oxygen atoms in total. The Kier molecular flexibility index (Phi) is 5.88. The van der Waals surface area contributed by atoms with Gasteiger partial charge in [-0.15, -0.1) is 0 Å². The van der Waals surface area contributed by atoms with E-state index in [1.165, 1.54) is 11.1 Å². The number of benzene rings is 1. The van der Waals surface area contributed by atoms with Crippen LogP contribution in [0.1, 0.15) is 44.7 Å². The number of hydrogen-bond acceptors (Lipinski definition) is 4. The molecule has 0 atom stereocenters. The number of ether oxygens (including phenoxy) is 1. The summed E-state index contributed by atoms with van der Waals surface area (Å²) in [5.74, 6) is 0. The van der Waals surface area contributed by atoms with E-state index in [4.69, 9.17) is 4.74 Å². The average molecular weight is 334 g/mol. The summed E-state index contributed by atoms with van der Waals surface area (Å²) in [6, 6.07) is 8.24. The van der Waals surface area contributed by atoms with Crippen LogP contribution in [0.5, 0.6) is 0 Å². The molecule has 1 aliphatic rings. The van der Waals surface area contributed by atoms with Gasteiger partial charge in [-0.05, 0) is 51.7 Å². The van der Waals surface area contributed by atoms with Crippen molar-refractivity contribution in [2.75, 3.05) is 19.6 Å². The average Bonchev–Trinajstić information content (AvgIpc) is 2.48. The summed E-state index contributed by atoms with van der Waals surface area (Å²) in [4.78, 5) is 13.7. The summed E-state index contributed by atoms with van der Waals surface area (Å²) in [5, 5.41) is 14.1. The zero-order valence-corrected chi connectivity index (χ0v) is 15.3. The maximum atomic E-state index is 12.1. The Bertz CT molecular complexity index is 558. The number of nitrogens with zero attached hydrogens (tertiary/aromatic N) is 1. The monoisotopic (exact) mass is 334 g/mol. The highest BCUT2D eigenvalue weighted by Crippen LogP contribution is 2.23. The lowest BCUT2D eigenvalue weighted by molar-refractivity contribution is -0.0310. The predicted octanol–water partition coefficient (Wildman–Crippen LogP) is 2.85. The number of piperidine rings is 1. The van der Waals surface area contributed by atoms with Gasteiger partial charge in [0, 0.05) is 26.2 Å². The molecule has 2 rings (SSSR count). The van der Waals surface area contributed by atoms with Gasteiger partial charge in [0.2, 0.25) is 0 Å². The molecule has 134 valence electrons. The fourth-order valence-corrected chi connectivity index (χ4v) is 2.85. The van der Waals surface area contributed by atoms with Crippen molar-refractivity contribution in [3.63, 3.8) is 0 Å². The molecule has 0 aliphatic carbocycles. The Hall–Kier alpha value is -1.59. The van der Waals surface area contributed by atoms with Crippen LogP contribution in [0.3, 0.4) is 0 Å². The minimum Gasteiger partial charge on any atom is -0.444 e. The van der Waals surface area contributed by atoms with E-state index in [-0.39, 0.29) is 6.09 Å². The first-order valence-corrected chi connectivity index (χ1v) is 8.64. The van der Waals surface area contributed by atoms with E-state index in [0.29, 0.717) is 32.5 Å². The third-order valence-electron chi connectivity index (χ3n) is 4.38. The van der Waals surface area contributed by atoms with Gasteiger partial charge in [0.05, 0.1) is 5.60 Å². The molecule has 1 fully saturated rings. The first-order chi connectivity index (χ1) is 11.2. The Labute approximate surface area is 145 Å². The Morgan fingerprint density at radius 3 is 2.50 bits per heavy atom. The van der Waals surface area contributed by atoms with Crippen molar-refractivity contribution in [2.24, 2.45) is 0 Å². The summed E-state index contributed by atoms with van der Waals surface area (Å²) in [6.45, 7) is 10.00. The largest absolute Gasteiger partial charge is 0.444 e. The number of nitrogens with one attached hydrogen (secondary N) is 1. The summed E-state index contributed by atoms with van der Waals surface area (Å²) >= 11 is 0. The number of likely N-dealkylation sites (tertiary alicyclic amines) is 1. The lowest BCUT2D eigenvalue weighted by Crippen LogP contribution is -2.52. The second-order valence-electron chi connectivity index (χ2n) is 7.72. The number of hydrogen-bond donors (Lipinski definition) is 2. The molecular formula is C19H30N2O3. The van der Waals surface area contributed by atoms with E-state index in [0.717, 1.165) is 6.54 Å². The molecule has 1 aliphatic heterocycles. The fraction of sp³-hybridized carbons (Fsp3) is 0.632. The molecule has 1 aromatic rings. The first kappa shape index (κ1) is 18.7. The molecule has 0 bridgehead atoms. The van der Waals surface area contributed by atoms with E-state index < -0.39 is 11.2 Å². The summed E-state index contributed by atoms with van der Waals surface area (Å²) in [7, 11) is 0. The Morgan fingerprint density at radius 2 is 1.92 bits per heavy atom. The first-order valence-electron chi connectivity index (χ1n) is 8.64. The smallest absolute Gasteiger partial charge is 0.410 e. The van der Waals surface area contributed by atoms with Crippen molar-refractivity contribution in [3.8, 4) is 0 Å². The van der Waals surface area contributed by atoms with Crippen molar-refractivity contribution in [1.82, 2.24) is 10.2 Å². The third-order valence-corrected chi connectivity index (χ3v) is 4.38. The minimum absolute atomic E-state index is 0.294. The van der Waals surface area contributed by atoms with Crippen molar-refractivity contribution in [2.45, 2.75) is 58.3 Å². The van der Waals surface area contributed by atoms with Crippen molar-refractivity contribution >= 4 is 6.09 Å². The van der Waals surface area contributed by atoms with Gasteiger partial charge in [0.25, 0.3) is 0 Å². The number of carbonyl (C=O) groups excluding carboxylic acids is 1. The van der Waals surface area contributed by atoms with Crippen LogP contribution in [0.2, 0.25) is 0 Å². The van der Waals surface area contributed by atoms with Crippen molar-refractivity contribution in [1.29, 1.82) is 0 Å². The zero-order valence-electron chi connectivity index (χ0n) is 15.3. The van der Waals surface area contributed by atoms with Gasteiger partial charge in [-0.2, -0.15) is 0 Å². The second-order valence-corrected chi connectivity index (χ2v) is 7.72. The quantitative estimate of drug-likeness (QED) is 0.889. The van der Waals surface area contributed by atoms with Gasteiger partial charge in [0.15, 0.2) is 0 Å². The topological polar surface area (TPSA) is 61.8 Å². The lowest BCUT2D eigenvalue weighted by atomic mass is 9.91. The molecule has 24 heavy (non-hydrogen) atoms. The Balaban J connectivity index is 1.78. The van der Waals surface area contributed by atoms with Crippen LogP contribution < -0.4 is 5.32 Å². The van der Waals surface area contributed by atoms with Gasteiger partial charge >= 0.3 is 6.09 Å². The number of carbonyl (C=O) groups is 1. The van der Waals surface area contributed by atoms with Gasteiger partial charge in [-0.1, -0.05) is 24.3 Å². The molecule has 2 N–H and O–H groups in total.